The van der Waals surface area contributed by atoms with E-state index in [0.29, 0.717) is 11.6 Å². The van der Waals surface area contributed by atoms with Gasteiger partial charge in [0.05, 0.1) is 18.1 Å². The Labute approximate surface area is 165 Å². The van der Waals surface area contributed by atoms with Gasteiger partial charge in [0.15, 0.2) is 11.8 Å². The lowest BCUT2D eigenvalue weighted by molar-refractivity contribution is -0.122. The summed E-state index contributed by atoms with van der Waals surface area (Å²) in [6.45, 7) is 12.1. The topological polar surface area (TPSA) is 69.0 Å². The first-order chi connectivity index (χ1) is 13.3. The van der Waals surface area contributed by atoms with Crippen molar-refractivity contribution in [2.75, 3.05) is 5.32 Å². The minimum absolute atomic E-state index is 0.216. The van der Waals surface area contributed by atoms with E-state index in [1.807, 2.05) is 29.8 Å². The number of ether oxygens (including phenoxy) is 1. The molecular weight excluding hydrogens is 352 g/mol. The summed E-state index contributed by atoms with van der Waals surface area (Å²) >= 11 is 0. The van der Waals surface area contributed by atoms with Crippen LogP contribution in [0.1, 0.15) is 57.7 Å². The monoisotopic (exact) mass is 380 g/mol. The Bertz CT molecular complexity index is 991. The van der Waals surface area contributed by atoms with Crippen LogP contribution in [0.3, 0.4) is 0 Å². The number of carbonyl (C=O) groups excluding carboxylic acids is 1. The molecule has 2 heterocycles. The molecule has 148 valence electrons. The highest BCUT2D eigenvalue weighted by atomic mass is 16.5. The fourth-order valence-corrected chi connectivity index (χ4v) is 2.98. The molecule has 6 nitrogen and oxygen atoms in total. The van der Waals surface area contributed by atoms with Gasteiger partial charge in [0.25, 0.3) is 5.91 Å². The lowest BCUT2D eigenvalue weighted by atomic mass is 10.0. The molecule has 0 aliphatic rings. The Balaban J connectivity index is 1.72. The zero-order valence-electron chi connectivity index (χ0n) is 17.4. The molecule has 2 aromatic heterocycles. The standard InChI is InChI=1S/C22H28N4O2/c1-13(2)17-8-7-15(5)20(10-17)28-16(6)22(27)25-19-9-18-11-24-26(14(3)4)21(18)23-12-19/h7-14,16H,1-6H3,(H,25,27). The summed E-state index contributed by atoms with van der Waals surface area (Å²) in [6, 6.07) is 8.24. The van der Waals surface area contributed by atoms with Crippen LogP contribution in [-0.2, 0) is 4.79 Å². The number of hydrogen-bond donors (Lipinski definition) is 1. The Hall–Kier alpha value is -2.89. The molecule has 1 amide bonds. The number of fused-ring (bicyclic) bond motifs is 1. The molecule has 0 aliphatic heterocycles. The van der Waals surface area contributed by atoms with Crippen molar-refractivity contribution < 1.29 is 9.53 Å². The van der Waals surface area contributed by atoms with Gasteiger partial charge in [0.1, 0.15) is 5.75 Å². The third-order valence-electron chi connectivity index (χ3n) is 4.74. The van der Waals surface area contributed by atoms with E-state index in [4.69, 9.17) is 4.74 Å². The zero-order valence-corrected chi connectivity index (χ0v) is 17.4. The molecule has 0 fully saturated rings. The van der Waals surface area contributed by atoms with E-state index in [2.05, 4.69) is 49.2 Å². The zero-order chi connectivity index (χ0) is 20.4. The lowest BCUT2D eigenvalue weighted by Gasteiger charge is -2.18. The van der Waals surface area contributed by atoms with Crippen molar-refractivity contribution in [3.8, 4) is 5.75 Å². The summed E-state index contributed by atoms with van der Waals surface area (Å²) in [6.07, 6.45) is 2.78. The first kappa shape index (κ1) is 19.9. The van der Waals surface area contributed by atoms with E-state index >= 15 is 0 Å². The molecule has 1 aromatic carbocycles. The minimum atomic E-state index is -0.629. The van der Waals surface area contributed by atoms with Crippen molar-refractivity contribution in [3.63, 3.8) is 0 Å². The second kappa shape index (κ2) is 8.00. The second-order valence-electron chi connectivity index (χ2n) is 7.75. The highest BCUT2D eigenvalue weighted by molar-refractivity contribution is 5.95. The molecule has 1 atom stereocenters. The van der Waals surface area contributed by atoms with Crippen LogP contribution in [0, 0.1) is 6.92 Å². The Morgan fingerprint density at radius 2 is 1.86 bits per heavy atom. The molecule has 3 rings (SSSR count). The molecule has 0 saturated carbocycles. The van der Waals surface area contributed by atoms with E-state index in [0.717, 1.165) is 22.3 Å². The molecule has 28 heavy (non-hydrogen) atoms. The number of nitrogens with one attached hydrogen (secondary N) is 1. The predicted molar refractivity (Wildman–Crippen MR) is 112 cm³/mol. The Kier molecular flexibility index (Phi) is 5.68. The van der Waals surface area contributed by atoms with Crippen LogP contribution >= 0.6 is 0 Å². The average Bonchev–Trinajstić information content (AvgIpc) is 3.06. The van der Waals surface area contributed by atoms with Gasteiger partial charge in [-0.3, -0.25) is 4.79 Å². The van der Waals surface area contributed by atoms with Crippen molar-refractivity contribution >= 4 is 22.6 Å². The first-order valence-electron chi connectivity index (χ1n) is 9.67. The smallest absolute Gasteiger partial charge is 0.265 e. The third kappa shape index (κ3) is 4.16. The van der Waals surface area contributed by atoms with E-state index in [-0.39, 0.29) is 11.9 Å². The largest absolute Gasteiger partial charge is 0.481 e. The summed E-state index contributed by atoms with van der Waals surface area (Å²) in [4.78, 5) is 17.1. The highest BCUT2D eigenvalue weighted by Gasteiger charge is 2.17. The Morgan fingerprint density at radius 3 is 2.54 bits per heavy atom. The maximum Gasteiger partial charge on any atom is 0.265 e. The molecule has 1 N–H and O–H groups in total. The number of carbonyl (C=O) groups is 1. The molecule has 0 aliphatic carbocycles. The average molecular weight is 380 g/mol. The fraction of sp³-hybridized carbons (Fsp3) is 0.409. The number of pyridine rings is 1. The number of amides is 1. The number of rotatable bonds is 6. The number of hydrogen-bond acceptors (Lipinski definition) is 4. The van der Waals surface area contributed by atoms with Crippen LogP contribution in [0.4, 0.5) is 5.69 Å². The molecule has 0 spiro atoms. The van der Waals surface area contributed by atoms with Gasteiger partial charge in [0, 0.05) is 11.4 Å². The molecule has 3 aromatic rings. The van der Waals surface area contributed by atoms with E-state index in [1.54, 1.807) is 19.3 Å². The van der Waals surface area contributed by atoms with Crippen LogP contribution in [0.15, 0.2) is 36.7 Å². The van der Waals surface area contributed by atoms with Crippen LogP contribution in [0.2, 0.25) is 0 Å². The third-order valence-corrected chi connectivity index (χ3v) is 4.74. The molecule has 6 heteroatoms. The van der Waals surface area contributed by atoms with Crippen molar-refractivity contribution in [1.29, 1.82) is 0 Å². The molecule has 0 radical (unpaired) electrons. The quantitative estimate of drug-likeness (QED) is 0.664. The highest BCUT2D eigenvalue weighted by Crippen LogP contribution is 2.25. The van der Waals surface area contributed by atoms with Gasteiger partial charge in [-0.1, -0.05) is 26.0 Å². The maximum atomic E-state index is 12.6. The summed E-state index contributed by atoms with van der Waals surface area (Å²) < 4.78 is 7.80. The van der Waals surface area contributed by atoms with Crippen molar-refractivity contribution in [1.82, 2.24) is 14.8 Å². The van der Waals surface area contributed by atoms with Crippen LogP contribution in [0.5, 0.6) is 5.75 Å². The first-order valence-corrected chi connectivity index (χ1v) is 9.67. The molecule has 0 bridgehead atoms. The predicted octanol–water partition coefficient (Wildman–Crippen LogP) is 4.85. The van der Waals surface area contributed by atoms with Gasteiger partial charge < -0.3 is 10.1 Å². The maximum absolute atomic E-state index is 12.6. The SMILES string of the molecule is Cc1ccc(C(C)C)cc1OC(C)C(=O)Nc1cnc2c(cnn2C(C)C)c1. The normalized spacial score (nSPS) is 12.6. The second-order valence-corrected chi connectivity index (χ2v) is 7.75. The summed E-state index contributed by atoms with van der Waals surface area (Å²) in [7, 11) is 0. The van der Waals surface area contributed by atoms with Gasteiger partial charge in [-0.25, -0.2) is 9.67 Å². The van der Waals surface area contributed by atoms with Crippen LogP contribution in [0.25, 0.3) is 11.0 Å². The van der Waals surface area contributed by atoms with E-state index in [9.17, 15) is 4.79 Å². The summed E-state index contributed by atoms with van der Waals surface area (Å²) in [5.41, 5.74) is 3.63. The van der Waals surface area contributed by atoms with E-state index in [1.165, 1.54) is 5.56 Å². The van der Waals surface area contributed by atoms with Crippen molar-refractivity contribution in [2.45, 2.75) is 59.6 Å². The van der Waals surface area contributed by atoms with Crippen molar-refractivity contribution in [2.24, 2.45) is 0 Å². The number of aromatic nitrogens is 3. The number of benzene rings is 1. The summed E-state index contributed by atoms with van der Waals surface area (Å²) in [5, 5.41) is 8.13. The van der Waals surface area contributed by atoms with Crippen LogP contribution < -0.4 is 10.1 Å². The lowest BCUT2D eigenvalue weighted by Crippen LogP contribution is -2.30. The van der Waals surface area contributed by atoms with Gasteiger partial charge in [-0.15, -0.1) is 0 Å². The fourth-order valence-electron chi connectivity index (χ4n) is 2.98. The minimum Gasteiger partial charge on any atom is -0.481 e. The van der Waals surface area contributed by atoms with Gasteiger partial charge in [0.2, 0.25) is 0 Å². The van der Waals surface area contributed by atoms with Crippen LogP contribution in [-0.4, -0.2) is 26.8 Å². The van der Waals surface area contributed by atoms with Crippen molar-refractivity contribution in [3.05, 3.63) is 47.8 Å². The van der Waals surface area contributed by atoms with Gasteiger partial charge in [-0.2, -0.15) is 5.10 Å². The van der Waals surface area contributed by atoms with Gasteiger partial charge >= 0.3 is 0 Å². The summed E-state index contributed by atoms with van der Waals surface area (Å²) in [5.74, 6) is 0.920. The number of aryl methyl sites for hydroxylation is 1. The number of anilines is 1. The molecule has 0 saturated heterocycles. The molecule has 1 unspecified atom stereocenters. The van der Waals surface area contributed by atoms with E-state index < -0.39 is 6.10 Å². The Morgan fingerprint density at radius 1 is 1.11 bits per heavy atom. The number of nitrogens with zero attached hydrogens (tertiary/aromatic N) is 3. The van der Waals surface area contributed by atoms with Gasteiger partial charge in [-0.05, 0) is 56.9 Å². The molecular formula is C22H28N4O2.